The molecule has 0 amide bonds. The largest absolute Gasteiger partial charge is 0.306 e. The van der Waals surface area contributed by atoms with E-state index in [1.165, 1.54) is 0 Å². The summed E-state index contributed by atoms with van der Waals surface area (Å²) < 4.78 is 3.75. The van der Waals surface area contributed by atoms with Crippen molar-refractivity contribution in [2.45, 2.75) is 0 Å². The predicted molar refractivity (Wildman–Crippen MR) is 67.2 cm³/mol. The van der Waals surface area contributed by atoms with Crippen molar-refractivity contribution in [3.63, 3.8) is 0 Å². The highest BCUT2D eigenvalue weighted by Crippen LogP contribution is 2.19. The summed E-state index contributed by atoms with van der Waals surface area (Å²) in [6.45, 7) is 0. The summed E-state index contributed by atoms with van der Waals surface area (Å²) in [4.78, 5) is 8.70. The van der Waals surface area contributed by atoms with E-state index in [-0.39, 0.29) is 0 Å². The van der Waals surface area contributed by atoms with Crippen LogP contribution < -0.4 is 0 Å². The first-order valence-corrected chi connectivity index (χ1v) is 5.64. The number of fused-ring (bicyclic) bond motifs is 2. The van der Waals surface area contributed by atoms with Crippen LogP contribution in [0.1, 0.15) is 0 Å². The van der Waals surface area contributed by atoms with Crippen LogP contribution in [0, 0.1) is 0 Å². The zero-order valence-corrected chi connectivity index (χ0v) is 9.43. The monoisotopic (exact) mass is 235 g/mol. The van der Waals surface area contributed by atoms with Crippen molar-refractivity contribution >= 4 is 11.3 Å². The fourth-order valence-electron chi connectivity index (χ4n) is 2.04. The molecule has 0 fully saturated rings. The topological polar surface area (TPSA) is 47.5 Å². The van der Waals surface area contributed by atoms with Gasteiger partial charge in [0.2, 0.25) is 0 Å². The number of pyridine rings is 2. The first-order chi connectivity index (χ1) is 8.90. The standard InChI is InChI=1S/C13H9N5/c1-2-6-17-8-11(16-13(17)3-1)10-4-5-12-14-9-15-18(12)7-10/h1-9H. The van der Waals surface area contributed by atoms with Crippen LogP contribution in [0.2, 0.25) is 0 Å². The fourth-order valence-corrected chi connectivity index (χ4v) is 2.04. The zero-order chi connectivity index (χ0) is 11.9. The first kappa shape index (κ1) is 9.35. The van der Waals surface area contributed by atoms with E-state index in [0.29, 0.717) is 0 Å². The Morgan fingerprint density at radius 2 is 1.94 bits per heavy atom. The lowest BCUT2D eigenvalue weighted by molar-refractivity contribution is 0.962. The molecule has 4 heterocycles. The van der Waals surface area contributed by atoms with Gasteiger partial charge in [0.05, 0.1) is 5.69 Å². The average molecular weight is 235 g/mol. The molecule has 5 heteroatoms. The minimum absolute atomic E-state index is 0.836. The van der Waals surface area contributed by atoms with Crippen LogP contribution >= 0.6 is 0 Å². The fraction of sp³-hybridized carbons (Fsp3) is 0. The lowest BCUT2D eigenvalue weighted by Gasteiger charge is -1.96. The molecular weight excluding hydrogens is 226 g/mol. The third kappa shape index (κ3) is 1.31. The van der Waals surface area contributed by atoms with Crippen LogP contribution in [0.15, 0.2) is 55.2 Å². The van der Waals surface area contributed by atoms with Crippen LogP contribution in [0.4, 0.5) is 0 Å². The van der Waals surface area contributed by atoms with Crippen molar-refractivity contribution in [1.82, 2.24) is 24.0 Å². The minimum atomic E-state index is 0.836. The van der Waals surface area contributed by atoms with Gasteiger partial charge in [-0.05, 0) is 24.3 Å². The van der Waals surface area contributed by atoms with E-state index in [9.17, 15) is 0 Å². The summed E-state index contributed by atoms with van der Waals surface area (Å²) in [6.07, 6.45) is 7.47. The third-order valence-electron chi connectivity index (χ3n) is 2.93. The molecule has 0 saturated heterocycles. The van der Waals surface area contributed by atoms with Crippen molar-refractivity contribution in [2.24, 2.45) is 0 Å². The average Bonchev–Trinajstić information content (AvgIpc) is 3.04. The van der Waals surface area contributed by atoms with E-state index in [1.807, 2.05) is 53.3 Å². The number of aromatic nitrogens is 5. The molecule has 4 aromatic rings. The van der Waals surface area contributed by atoms with Gasteiger partial charge in [-0.2, -0.15) is 5.10 Å². The molecule has 4 aromatic heterocycles. The number of hydrogen-bond donors (Lipinski definition) is 0. The molecule has 0 aliphatic carbocycles. The normalized spacial score (nSPS) is 11.3. The number of hydrogen-bond acceptors (Lipinski definition) is 3. The lowest BCUT2D eigenvalue weighted by Crippen LogP contribution is -1.88. The second-order valence-corrected chi connectivity index (χ2v) is 4.07. The van der Waals surface area contributed by atoms with E-state index in [4.69, 9.17) is 0 Å². The van der Waals surface area contributed by atoms with Crippen LogP contribution in [0.5, 0.6) is 0 Å². The summed E-state index contributed by atoms with van der Waals surface area (Å²) in [5.41, 5.74) is 3.73. The molecule has 18 heavy (non-hydrogen) atoms. The van der Waals surface area contributed by atoms with Gasteiger partial charge in [-0.1, -0.05) is 6.07 Å². The molecular formula is C13H9N5. The van der Waals surface area contributed by atoms with E-state index >= 15 is 0 Å². The van der Waals surface area contributed by atoms with Gasteiger partial charge in [0.25, 0.3) is 0 Å². The Kier molecular flexibility index (Phi) is 1.77. The molecule has 0 saturated carbocycles. The van der Waals surface area contributed by atoms with E-state index in [1.54, 1.807) is 10.8 Å². The summed E-state index contributed by atoms with van der Waals surface area (Å²) in [5, 5.41) is 4.13. The minimum Gasteiger partial charge on any atom is -0.306 e. The summed E-state index contributed by atoms with van der Waals surface area (Å²) in [7, 11) is 0. The maximum atomic E-state index is 4.58. The Balaban J connectivity index is 1.94. The van der Waals surface area contributed by atoms with Crippen molar-refractivity contribution < 1.29 is 0 Å². The van der Waals surface area contributed by atoms with Gasteiger partial charge in [-0.15, -0.1) is 0 Å². The molecule has 0 radical (unpaired) electrons. The summed E-state index contributed by atoms with van der Waals surface area (Å²) in [5.74, 6) is 0. The van der Waals surface area contributed by atoms with Crippen molar-refractivity contribution in [3.8, 4) is 11.3 Å². The Hall–Kier alpha value is -2.69. The van der Waals surface area contributed by atoms with Gasteiger partial charge in [0, 0.05) is 24.2 Å². The van der Waals surface area contributed by atoms with Crippen LogP contribution in [-0.2, 0) is 0 Å². The predicted octanol–water partition coefficient (Wildman–Crippen LogP) is 2.04. The Morgan fingerprint density at radius 3 is 2.89 bits per heavy atom. The molecule has 0 aromatic carbocycles. The Morgan fingerprint density at radius 1 is 0.944 bits per heavy atom. The van der Waals surface area contributed by atoms with Crippen LogP contribution in [-0.4, -0.2) is 24.0 Å². The van der Waals surface area contributed by atoms with Gasteiger partial charge < -0.3 is 4.40 Å². The van der Waals surface area contributed by atoms with Crippen LogP contribution in [0.25, 0.3) is 22.6 Å². The molecule has 0 atom stereocenters. The lowest BCUT2D eigenvalue weighted by atomic mass is 10.2. The zero-order valence-electron chi connectivity index (χ0n) is 9.43. The van der Waals surface area contributed by atoms with Gasteiger partial charge >= 0.3 is 0 Å². The molecule has 0 aliphatic heterocycles. The highest BCUT2D eigenvalue weighted by Gasteiger charge is 2.05. The molecule has 0 unspecified atom stereocenters. The van der Waals surface area contributed by atoms with E-state index in [0.717, 1.165) is 22.6 Å². The molecule has 0 N–H and O–H groups in total. The van der Waals surface area contributed by atoms with Crippen molar-refractivity contribution in [2.75, 3.05) is 0 Å². The van der Waals surface area contributed by atoms with Crippen molar-refractivity contribution in [3.05, 3.63) is 55.2 Å². The number of rotatable bonds is 1. The third-order valence-corrected chi connectivity index (χ3v) is 2.93. The van der Waals surface area contributed by atoms with Gasteiger partial charge in [-0.3, -0.25) is 0 Å². The van der Waals surface area contributed by atoms with Gasteiger partial charge in [0.1, 0.15) is 12.0 Å². The SMILES string of the molecule is c1ccn2cc(-c3ccc4ncnn4c3)nc2c1. The highest BCUT2D eigenvalue weighted by molar-refractivity contribution is 5.63. The molecule has 0 aliphatic rings. The Bertz CT molecular complexity index is 809. The highest BCUT2D eigenvalue weighted by atomic mass is 15.3. The molecule has 0 spiro atoms. The second kappa shape index (κ2) is 3.40. The number of nitrogens with zero attached hydrogens (tertiary/aromatic N) is 5. The maximum Gasteiger partial charge on any atom is 0.155 e. The van der Waals surface area contributed by atoms with Gasteiger partial charge in [-0.25, -0.2) is 14.5 Å². The molecule has 4 rings (SSSR count). The van der Waals surface area contributed by atoms with Gasteiger partial charge in [0.15, 0.2) is 5.65 Å². The van der Waals surface area contributed by atoms with E-state index < -0.39 is 0 Å². The first-order valence-electron chi connectivity index (χ1n) is 5.64. The summed E-state index contributed by atoms with van der Waals surface area (Å²) in [6, 6.07) is 9.89. The number of imidazole rings is 1. The maximum absolute atomic E-state index is 4.58. The second-order valence-electron chi connectivity index (χ2n) is 4.07. The summed E-state index contributed by atoms with van der Waals surface area (Å²) >= 11 is 0. The quantitative estimate of drug-likeness (QED) is 0.507. The molecule has 86 valence electrons. The van der Waals surface area contributed by atoms with E-state index in [2.05, 4.69) is 15.1 Å². The smallest absolute Gasteiger partial charge is 0.155 e. The van der Waals surface area contributed by atoms with Crippen LogP contribution in [0.3, 0.4) is 0 Å². The molecule has 5 nitrogen and oxygen atoms in total. The molecule has 0 bridgehead atoms. The Labute approximate surface area is 102 Å². The van der Waals surface area contributed by atoms with Crippen molar-refractivity contribution in [1.29, 1.82) is 0 Å².